The van der Waals surface area contributed by atoms with Gasteiger partial charge in [-0.15, -0.1) is 0 Å². The van der Waals surface area contributed by atoms with Crippen molar-refractivity contribution in [3.63, 3.8) is 0 Å². The molecule has 0 spiro atoms. The highest BCUT2D eigenvalue weighted by atomic mass is 19.2. The van der Waals surface area contributed by atoms with Gasteiger partial charge in [0.05, 0.1) is 0 Å². The number of benzene rings is 2. The minimum absolute atomic E-state index is 0.0776. The summed E-state index contributed by atoms with van der Waals surface area (Å²) in [6.07, 6.45) is 0.934. The third-order valence-electron chi connectivity index (χ3n) is 4.40. The van der Waals surface area contributed by atoms with Crippen molar-refractivity contribution < 1.29 is 13.2 Å². The fourth-order valence-corrected chi connectivity index (χ4v) is 3.25. The Kier molecular flexibility index (Phi) is 3.38. The van der Waals surface area contributed by atoms with Crippen molar-refractivity contribution in [2.24, 2.45) is 0 Å². The molecule has 0 saturated heterocycles. The normalized spacial score (nSPS) is 14.7. The number of nitrogens with zero attached hydrogens (tertiary/aromatic N) is 1. The van der Waals surface area contributed by atoms with Gasteiger partial charge in [-0.1, -0.05) is 6.07 Å². The van der Waals surface area contributed by atoms with Crippen LogP contribution in [0.4, 0.5) is 13.2 Å². The average Bonchev–Trinajstić information content (AvgIpc) is 2.73. The Morgan fingerprint density at radius 2 is 1.78 bits per heavy atom. The SMILES string of the molecule is Fc1ccc(-c2ccc3c(c2)cc2n3CCNCC2)c(F)c1F. The number of halogens is 3. The summed E-state index contributed by atoms with van der Waals surface area (Å²) < 4.78 is 42.8. The Morgan fingerprint density at radius 1 is 0.913 bits per heavy atom. The molecule has 2 heterocycles. The maximum Gasteiger partial charge on any atom is 0.195 e. The molecule has 0 unspecified atom stereocenters. The number of rotatable bonds is 1. The third kappa shape index (κ3) is 2.32. The first-order chi connectivity index (χ1) is 11.1. The molecule has 0 atom stereocenters. The molecule has 0 saturated carbocycles. The van der Waals surface area contributed by atoms with Crippen LogP contribution in [0.15, 0.2) is 36.4 Å². The van der Waals surface area contributed by atoms with E-state index in [0.29, 0.717) is 5.56 Å². The van der Waals surface area contributed by atoms with Crippen molar-refractivity contribution in [3.8, 4) is 11.1 Å². The highest BCUT2D eigenvalue weighted by molar-refractivity contribution is 5.86. The number of aromatic nitrogens is 1. The van der Waals surface area contributed by atoms with Crippen LogP contribution in [0.1, 0.15) is 5.69 Å². The summed E-state index contributed by atoms with van der Waals surface area (Å²) in [6.45, 7) is 2.73. The van der Waals surface area contributed by atoms with Crippen molar-refractivity contribution in [2.45, 2.75) is 13.0 Å². The smallest absolute Gasteiger partial charge is 0.195 e. The van der Waals surface area contributed by atoms with Crippen molar-refractivity contribution in [3.05, 3.63) is 59.5 Å². The van der Waals surface area contributed by atoms with Gasteiger partial charge < -0.3 is 9.88 Å². The Labute approximate surface area is 131 Å². The van der Waals surface area contributed by atoms with Gasteiger partial charge in [0.2, 0.25) is 0 Å². The van der Waals surface area contributed by atoms with E-state index in [1.165, 1.54) is 11.8 Å². The first-order valence-corrected chi connectivity index (χ1v) is 7.62. The molecule has 23 heavy (non-hydrogen) atoms. The van der Waals surface area contributed by atoms with Crippen molar-refractivity contribution >= 4 is 10.9 Å². The van der Waals surface area contributed by atoms with Crippen LogP contribution in [-0.4, -0.2) is 17.7 Å². The second-order valence-electron chi connectivity index (χ2n) is 5.78. The zero-order chi connectivity index (χ0) is 16.0. The van der Waals surface area contributed by atoms with Gasteiger partial charge in [0.15, 0.2) is 17.5 Å². The Hall–Kier alpha value is -2.27. The fraction of sp³-hybridized carbons (Fsp3) is 0.222. The number of hydrogen-bond donors (Lipinski definition) is 1. The third-order valence-corrected chi connectivity index (χ3v) is 4.40. The van der Waals surface area contributed by atoms with Crippen LogP contribution in [0.2, 0.25) is 0 Å². The van der Waals surface area contributed by atoms with Gasteiger partial charge in [0.1, 0.15) is 0 Å². The van der Waals surface area contributed by atoms with Gasteiger partial charge in [-0.2, -0.15) is 0 Å². The molecule has 1 aliphatic rings. The maximum absolute atomic E-state index is 14.0. The number of hydrogen-bond acceptors (Lipinski definition) is 1. The van der Waals surface area contributed by atoms with Crippen LogP contribution in [-0.2, 0) is 13.0 Å². The van der Waals surface area contributed by atoms with E-state index in [-0.39, 0.29) is 5.56 Å². The quantitative estimate of drug-likeness (QED) is 0.674. The summed E-state index contributed by atoms with van der Waals surface area (Å²) in [6, 6.07) is 9.83. The Balaban J connectivity index is 1.86. The summed E-state index contributed by atoms with van der Waals surface area (Å²) in [5, 5.41) is 4.34. The standard InChI is InChI=1S/C18H15F3N2/c19-15-3-2-14(17(20)18(15)21)11-1-4-16-12(9-11)10-13-5-6-22-7-8-23(13)16/h1-4,9-10,22H,5-8H2. The lowest BCUT2D eigenvalue weighted by molar-refractivity contribution is 0.449. The molecule has 1 aromatic heterocycles. The van der Waals surface area contributed by atoms with Crippen molar-refractivity contribution in [1.82, 2.24) is 9.88 Å². The largest absolute Gasteiger partial charge is 0.343 e. The monoisotopic (exact) mass is 316 g/mol. The molecule has 0 aliphatic carbocycles. The highest BCUT2D eigenvalue weighted by Crippen LogP contribution is 2.30. The predicted molar refractivity (Wildman–Crippen MR) is 83.8 cm³/mol. The van der Waals surface area contributed by atoms with E-state index in [0.717, 1.165) is 43.0 Å². The molecule has 1 N–H and O–H groups in total. The van der Waals surface area contributed by atoms with Gasteiger partial charge in [-0.05, 0) is 35.9 Å². The summed E-state index contributed by atoms with van der Waals surface area (Å²) >= 11 is 0. The van der Waals surface area contributed by atoms with E-state index in [4.69, 9.17) is 0 Å². The molecule has 0 radical (unpaired) electrons. The van der Waals surface area contributed by atoms with E-state index in [1.807, 2.05) is 12.1 Å². The van der Waals surface area contributed by atoms with Crippen molar-refractivity contribution in [1.29, 1.82) is 0 Å². The lowest BCUT2D eigenvalue weighted by Gasteiger charge is -2.08. The van der Waals surface area contributed by atoms with Crippen LogP contribution in [0.25, 0.3) is 22.0 Å². The van der Waals surface area contributed by atoms with Crippen LogP contribution >= 0.6 is 0 Å². The maximum atomic E-state index is 14.0. The average molecular weight is 316 g/mol. The summed E-state index contributed by atoms with van der Waals surface area (Å²) in [7, 11) is 0. The lowest BCUT2D eigenvalue weighted by atomic mass is 10.0. The molecule has 0 bridgehead atoms. The van der Waals surface area contributed by atoms with Crippen LogP contribution < -0.4 is 5.32 Å². The van der Waals surface area contributed by atoms with E-state index in [2.05, 4.69) is 16.0 Å². The van der Waals surface area contributed by atoms with Gasteiger partial charge in [-0.25, -0.2) is 13.2 Å². The van der Waals surface area contributed by atoms with E-state index in [1.54, 1.807) is 6.07 Å². The summed E-state index contributed by atoms with van der Waals surface area (Å²) in [5.74, 6) is -3.74. The topological polar surface area (TPSA) is 17.0 Å². The van der Waals surface area contributed by atoms with E-state index < -0.39 is 17.5 Å². The minimum Gasteiger partial charge on any atom is -0.343 e. The van der Waals surface area contributed by atoms with Gasteiger partial charge in [0.25, 0.3) is 0 Å². The molecule has 4 rings (SSSR count). The molecule has 0 amide bonds. The lowest BCUT2D eigenvalue weighted by Crippen LogP contribution is -2.17. The fourth-order valence-electron chi connectivity index (χ4n) is 3.25. The number of nitrogens with one attached hydrogen (secondary N) is 1. The number of fused-ring (bicyclic) bond motifs is 3. The van der Waals surface area contributed by atoms with Crippen LogP contribution in [0.5, 0.6) is 0 Å². The molecular weight excluding hydrogens is 301 g/mol. The van der Waals surface area contributed by atoms with E-state index in [9.17, 15) is 13.2 Å². The van der Waals surface area contributed by atoms with Crippen LogP contribution in [0, 0.1) is 17.5 Å². The van der Waals surface area contributed by atoms with Gasteiger partial charge in [-0.3, -0.25) is 0 Å². The zero-order valence-electron chi connectivity index (χ0n) is 12.4. The second-order valence-corrected chi connectivity index (χ2v) is 5.78. The van der Waals surface area contributed by atoms with Gasteiger partial charge in [0, 0.05) is 48.2 Å². The zero-order valence-corrected chi connectivity index (χ0v) is 12.4. The van der Waals surface area contributed by atoms with Gasteiger partial charge >= 0.3 is 0 Å². The molecule has 2 aromatic carbocycles. The predicted octanol–water partition coefficient (Wildman–Crippen LogP) is 3.87. The van der Waals surface area contributed by atoms with Crippen LogP contribution in [0.3, 0.4) is 0 Å². The Morgan fingerprint density at radius 3 is 2.65 bits per heavy atom. The first kappa shape index (κ1) is 14.3. The van der Waals surface area contributed by atoms with E-state index >= 15 is 0 Å². The molecule has 3 aromatic rings. The molecule has 5 heteroatoms. The highest BCUT2D eigenvalue weighted by Gasteiger charge is 2.16. The molecule has 1 aliphatic heterocycles. The summed E-state index contributed by atoms with van der Waals surface area (Å²) in [4.78, 5) is 0. The molecule has 2 nitrogen and oxygen atoms in total. The molecule has 118 valence electrons. The molecular formula is C18H15F3N2. The first-order valence-electron chi connectivity index (χ1n) is 7.62. The van der Waals surface area contributed by atoms with Crippen molar-refractivity contribution in [2.75, 3.05) is 13.1 Å². The minimum atomic E-state index is -1.43. The molecule has 0 fully saturated rings. The second kappa shape index (κ2) is 5.42. The Bertz CT molecular complexity index is 899. The summed E-state index contributed by atoms with van der Waals surface area (Å²) in [5.41, 5.74) is 2.94.